The average Bonchev–Trinajstić information content (AvgIpc) is 3.57. The number of imidazole rings is 1. The molecule has 8 nitrogen and oxygen atoms in total. The van der Waals surface area contributed by atoms with E-state index >= 15 is 0 Å². The zero-order chi connectivity index (χ0) is 22.4. The van der Waals surface area contributed by atoms with Crippen LogP contribution in [0.5, 0.6) is 0 Å². The van der Waals surface area contributed by atoms with Crippen molar-refractivity contribution in [1.82, 2.24) is 35.0 Å². The number of hydrogen-bond donors (Lipinski definition) is 2. The Morgan fingerprint density at radius 2 is 1.88 bits per heavy atom. The van der Waals surface area contributed by atoms with Crippen LogP contribution < -0.4 is 0 Å². The number of nitrogens with one attached hydrogen (secondary N) is 2. The fourth-order valence-electron chi connectivity index (χ4n) is 4.10. The van der Waals surface area contributed by atoms with E-state index in [4.69, 9.17) is 14.4 Å². The van der Waals surface area contributed by atoms with E-state index in [1.807, 2.05) is 62.9 Å². The molecular weight excluding hydrogens is 414 g/mol. The second-order valence-electron chi connectivity index (χ2n) is 8.28. The van der Waals surface area contributed by atoms with Crippen LogP contribution in [0.15, 0.2) is 71.8 Å². The van der Waals surface area contributed by atoms with Crippen molar-refractivity contribution >= 4 is 22.1 Å². The molecule has 0 aliphatic heterocycles. The van der Waals surface area contributed by atoms with Crippen molar-refractivity contribution in [2.24, 2.45) is 0 Å². The number of aromatic amines is 2. The molecule has 0 fully saturated rings. The summed E-state index contributed by atoms with van der Waals surface area (Å²) in [6, 6.07) is 14.1. The molecule has 162 valence electrons. The Kier molecular flexibility index (Phi) is 4.51. The fourth-order valence-corrected chi connectivity index (χ4v) is 4.10. The summed E-state index contributed by atoms with van der Waals surface area (Å²) in [4.78, 5) is 19.7. The average molecular weight is 435 g/mol. The molecule has 6 rings (SSSR count). The molecule has 33 heavy (non-hydrogen) atoms. The third-order valence-corrected chi connectivity index (χ3v) is 5.57. The van der Waals surface area contributed by atoms with Crippen LogP contribution in [0.2, 0.25) is 0 Å². The number of H-pyrrole nitrogens is 2. The first kappa shape index (κ1) is 19.4. The van der Waals surface area contributed by atoms with Crippen LogP contribution in [0.25, 0.3) is 56.0 Å². The minimum Gasteiger partial charge on any atom is -0.472 e. The largest absolute Gasteiger partial charge is 0.472 e. The summed E-state index contributed by atoms with van der Waals surface area (Å²) < 4.78 is 5.27. The van der Waals surface area contributed by atoms with Crippen LogP contribution in [-0.2, 0) is 6.54 Å². The summed E-state index contributed by atoms with van der Waals surface area (Å²) in [6.07, 6.45) is 7.11. The monoisotopic (exact) mass is 435 g/mol. The first-order valence-electron chi connectivity index (χ1n) is 10.6. The lowest BCUT2D eigenvalue weighted by molar-refractivity contribution is 0.402. The van der Waals surface area contributed by atoms with Crippen molar-refractivity contribution in [3.8, 4) is 33.9 Å². The normalized spacial score (nSPS) is 11.7. The molecule has 5 aromatic heterocycles. The highest BCUT2D eigenvalue weighted by molar-refractivity contribution is 5.96. The standard InChI is InChI=1S/C25H21N7O/c1-32(2)13-15-10-17(12-26-11-15)19-6-7-21-23(27-19)24(31-30-21)25-28-20-5-3-4-18(22(20)29-25)16-8-9-33-14-16/h3-12,14H,13H2,1-2H3,(H,28,29)(H,30,31). The molecule has 6 aromatic rings. The van der Waals surface area contributed by atoms with Crippen molar-refractivity contribution in [2.45, 2.75) is 6.54 Å². The molecule has 0 radical (unpaired) electrons. The van der Waals surface area contributed by atoms with Gasteiger partial charge in [-0.3, -0.25) is 10.1 Å². The van der Waals surface area contributed by atoms with Crippen LogP contribution in [0.3, 0.4) is 0 Å². The van der Waals surface area contributed by atoms with Crippen LogP contribution in [0.1, 0.15) is 5.56 Å². The van der Waals surface area contributed by atoms with Crippen molar-refractivity contribution in [3.63, 3.8) is 0 Å². The molecule has 0 saturated heterocycles. The summed E-state index contributed by atoms with van der Waals surface area (Å²) in [5, 5.41) is 7.60. The highest BCUT2D eigenvalue weighted by Crippen LogP contribution is 2.32. The number of pyridine rings is 2. The molecule has 0 saturated carbocycles. The van der Waals surface area contributed by atoms with Gasteiger partial charge in [-0.1, -0.05) is 12.1 Å². The summed E-state index contributed by atoms with van der Waals surface area (Å²) in [5.41, 5.74) is 9.00. The SMILES string of the molecule is CN(C)Cc1cncc(-c2ccc3[nH]nc(-c4nc5c(-c6ccoc6)cccc5[nH]4)c3n2)c1. The van der Waals surface area contributed by atoms with E-state index < -0.39 is 0 Å². The number of para-hydroxylation sites is 1. The Hall–Kier alpha value is -4.30. The number of rotatable bonds is 5. The van der Waals surface area contributed by atoms with Gasteiger partial charge in [-0.15, -0.1) is 0 Å². The molecule has 0 aliphatic rings. The maximum atomic E-state index is 5.27. The van der Waals surface area contributed by atoms with E-state index in [-0.39, 0.29) is 0 Å². The molecule has 2 N–H and O–H groups in total. The number of hydrogen-bond acceptors (Lipinski definition) is 6. The highest BCUT2D eigenvalue weighted by Gasteiger charge is 2.17. The molecule has 0 unspecified atom stereocenters. The van der Waals surface area contributed by atoms with Crippen LogP contribution in [-0.4, -0.2) is 49.1 Å². The molecular formula is C25H21N7O. The van der Waals surface area contributed by atoms with Gasteiger partial charge >= 0.3 is 0 Å². The van der Waals surface area contributed by atoms with Crippen LogP contribution >= 0.6 is 0 Å². The first-order chi connectivity index (χ1) is 16.2. The van der Waals surface area contributed by atoms with Crippen LogP contribution in [0, 0.1) is 0 Å². The minimum atomic E-state index is 0.663. The van der Waals surface area contributed by atoms with E-state index in [9.17, 15) is 0 Å². The van der Waals surface area contributed by atoms with Crippen LogP contribution in [0.4, 0.5) is 0 Å². The van der Waals surface area contributed by atoms with E-state index in [0.29, 0.717) is 11.5 Å². The highest BCUT2D eigenvalue weighted by atomic mass is 16.3. The topological polar surface area (TPSA) is 99.5 Å². The number of benzene rings is 1. The molecule has 0 bridgehead atoms. The fraction of sp³-hybridized carbons (Fsp3) is 0.120. The van der Waals surface area contributed by atoms with Gasteiger partial charge in [0.15, 0.2) is 11.5 Å². The van der Waals surface area contributed by atoms with Gasteiger partial charge in [-0.05, 0) is 50.0 Å². The summed E-state index contributed by atoms with van der Waals surface area (Å²) in [7, 11) is 4.08. The molecule has 0 atom stereocenters. The predicted molar refractivity (Wildman–Crippen MR) is 127 cm³/mol. The van der Waals surface area contributed by atoms with Gasteiger partial charge in [0, 0.05) is 35.6 Å². The van der Waals surface area contributed by atoms with E-state index in [1.54, 1.807) is 12.5 Å². The minimum absolute atomic E-state index is 0.663. The quantitative estimate of drug-likeness (QED) is 0.400. The maximum absolute atomic E-state index is 5.27. The maximum Gasteiger partial charge on any atom is 0.161 e. The Morgan fingerprint density at radius 3 is 2.73 bits per heavy atom. The van der Waals surface area contributed by atoms with Gasteiger partial charge in [0.25, 0.3) is 0 Å². The van der Waals surface area contributed by atoms with Gasteiger partial charge in [0.05, 0.1) is 34.8 Å². The van der Waals surface area contributed by atoms with Crippen molar-refractivity contribution in [1.29, 1.82) is 0 Å². The van der Waals surface area contributed by atoms with Gasteiger partial charge in [-0.2, -0.15) is 5.10 Å². The number of furan rings is 1. The lowest BCUT2D eigenvalue weighted by Crippen LogP contribution is -2.10. The van der Waals surface area contributed by atoms with Crippen molar-refractivity contribution in [2.75, 3.05) is 14.1 Å². The Labute approximate surface area is 189 Å². The molecule has 0 amide bonds. The van der Waals surface area contributed by atoms with Crippen molar-refractivity contribution < 1.29 is 4.42 Å². The Balaban J connectivity index is 1.45. The molecule has 8 heteroatoms. The first-order valence-corrected chi connectivity index (χ1v) is 10.6. The number of fused-ring (bicyclic) bond motifs is 2. The van der Waals surface area contributed by atoms with E-state index in [0.717, 1.165) is 56.6 Å². The second kappa shape index (κ2) is 7.68. The number of aromatic nitrogens is 6. The second-order valence-corrected chi connectivity index (χ2v) is 8.28. The van der Waals surface area contributed by atoms with E-state index in [1.165, 1.54) is 0 Å². The summed E-state index contributed by atoms with van der Waals surface area (Å²) in [5.74, 6) is 0.663. The predicted octanol–water partition coefficient (Wildman–Crippen LogP) is 4.88. The molecule has 0 spiro atoms. The third kappa shape index (κ3) is 3.46. The van der Waals surface area contributed by atoms with Gasteiger partial charge < -0.3 is 14.3 Å². The lowest BCUT2D eigenvalue weighted by atomic mass is 10.1. The summed E-state index contributed by atoms with van der Waals surface area (Å²) >= 11 is 0. The third-order valence-electron chi connectivity index (χ3n) is 5.57. The van der Waals surface area contributed by atoms with E-state index in [2.05, 4.69) is 31.1 Å². The van der Waals surface area contributed by atoms with Crippen molar-refractivity contribution in [3.05, 3.63) is 72.9 Å². The van der Waals surface area contributed by atoms with Gasteiger partial charge in [0.1, 0.15) is 5.52 Å². The summed E-state index contributed by atoms with van der Waals surface area (Å²) in [6.45, 7) is 0.817. The molecule has 5 heterocycles. The molecule has 1 aromatic carbocycles. The van der Waals surface area contributed by atoms with Gasteiger partial charge in [0.2, 0.25) is 0 Å². The molecule has 0 aliphatic carbocycles. The lowest BCUT2D eigenvalue weighted by Gasteiger charge is -2.10. The number of nitrogens with zero attached hydrogens (tertiary/aromatic N) is 5. The van der Waals surface area contributed by atoms with Gasteiger partial charge in [-0.25, -0.2) is 9.97 Å². The Bertz CT molecular complexity index is 1580. The smallest absolute Gasteiger partial charge is 0.161 e. The zero-order valence-corrected chi connectivity index (χ0v) is 18.2. The Morgan fingerprint density at radius 1 is 0.939 bits per heavy atom. The zero-order valence-electron chi connectivity index (χ0n) is 18.2.